The van der Waals surface area contributed by atoms with Crippen LogP contribution in [0.3, 0.4) is 0 Å². The molecule has 7 aromatic carbocycles. The van der Waals surface area contributed by atoms with Crippen molar-refractivity contribution in [3.8, 4) is 52.3 Å². The average molecular weight is 734 g/mol. The monoisotopic (exact) mass is 733 g/mol. The molecule has 266 valence electrons. The van der Waals surface area contributed by atoms with Gasteiger partial charge in [0.1, 0.15) is 11.2 Å². The van der Waals surface area contributed by atoms with Gasteiger partial charge < -0.3 is 9.47 Å². The second-order valence-electron chi connectivity index (χ2n) is 13.5. The molecule has 3 heterocycles. The van der Waals surface area contributed by atoms with E-state index < -0.39 is 0 Å². The lowest BCUT2D eigenvalue weighted by Gasteiger charge is -2.38. The summed E-state index contributed by atoms with van der Waals surface area (Å²) in [6.45, 7) is 0. The number of aliphatic imine (C=N–C) groups is 2. The Morgan fingerprint density at radius 1 is 0.561 bits per heavy atom. The van der Waals surface area contributed by atoms with Gasteiger partial charge in [0.2, 0.25) is 5.96 Å². The first kappa shape index (κ1) is 33.1. The summed E-state index contributed by atoms with van der Waals surface area (Å²) in [7, 11) is 1.71. The quantitative estimate of drug-likeness (QED) is 0.132. The predicted octanol–water partition coefficient (Wildman–Crippen LogP) is 11.1. The fraction of sp³-hybridized carbons (Fsp3) is 0.0208. The fourth-order valence-corrected chi connectivity index (χ4v) is 7.71. The van der Waals surface area contributed by atoms with Crippen molar-refractivity contribution in [2.75, 3.05) is 11.9 Å². The molecule has 2 aliphatic heterocycles. The third kappa shape index (κ3) is 5.29. The smallest absolute Gasteiger partial charge is 0.230 e. The molecule has 10 rings (SSSR count). The Morgan fingerprint density at radius 2 is 1.14 bits per heavy atom. The molecule has 0 fully saturated rings. The van der Waals surface area contributed by atoms with Crippen LogP contribution in [-0.4, -0.2) is 23.3 Å². The topological polar surface area (TPSA) is 123 Å². The summed E-state index contributed by atoms with van der Waals surface area (Å²) >= 11 is 0. The summed E-state index contributed by atoms with van der Waals surface area (Å²) in [6.07, 6.45) is 0. The molecule has 0 N–H and O–H groups in total. The number of aromatic nitrogens is 1. The zero-order valence-electron chi connectivity index (χ0n) is 30.3. The second-order valence-corrected chi connectivity index (χ2v) is 13.5. The van der Waals surface area contributed by atoms with Gasteiger partial charge in [-0.2, -0.15) is 15.8 Å². The lowest BCUT2D eigenvalue weighted by molar-refractivity contribution is 0.449. The van der Waals surface area contributed by atoms with Crippen molar-refractivity contribution >= 4 is 50.5 Å². The van der Waals surface area contributed by atoms with Crippen LogP contribution in [0.2, 0.25) is 0 Å². The molecular weight excluding hydrogens is 707 g/mol. The van der Waals surface area contributed by atoms with Crippen molar-refractivity contribution in [1.29, 1.82) is 15.8 Å². The molecular formula is C48H27N7O2. The van der Waals surface area contributed by atoms with Crippen molar-refractivity contribution in [3.05, 3.63) is 173 Å². The first-order valence-corrected chi connectivity index (χ1v) is 18.1. The maximum Gasteiger partial charge on any atom is 0.230 e. The van der Waals surface area contributed by atoms with Gasteiger partial charge in [-0.1, -0.05) is 84.9 Å². The van der Waals surface area contributed by atoms with E-state index in [1.165, 1.54) is 0 Å². The first-order chi connectivity index (χ1) is 28.1. The minimum atomic E-state index is 0.379. The Labute approximate surface area is 327 Å². The van der Waals surface area contributed by atoms with E-state index >= 15 is 0 Å². The highest BCUT2D eigenvalue weighted by atomic mass is 16.5. The van der Waals surface area contributed by atoms with E-state index in [0.29, 0.717) is 73.9 Å². The highest BCUT2D eigenvalue weighted by molar-refractivity contribution is 6.23. The van der Waals surface area contributed by atoms with E-state index in [4.69, 9.17) is 19.5 Å². The summed E-state index contributed by atoms with van der Waals surface area (Å²) in [5, 5.41) is 31.2. The van der Waals surface area contributed by atoms with E-state index in [0.717, 1.165) is 38.5 Å². The molecule has 57 heavy (non-hydrogen) atoms. The van der Waals surface area contributed by atoms with Crippen molar-refractivity contribution < 1.29 is 9.47 Å². The van der Waals surface area contributed by atoms with Gasteiger partial charge in [-0.25, -0.2) is 4.99 Å². The molecule has 2 aliphatic rings. The zero-order valence-corrected chi connectivity index (χ0v) is 30.3. The maximum atomic E-state index is 10.0. The van der Waals surface area contributed by atoms with Crippen molar-refractivity contribution in [2.24, 2.45) is 9.98 Å². The number of nitriles is 3. The van der Waals surface area contributed by atoms with Crippen LogP contribution in [0.1, 0.15) is 27.8 Å². The van der Waals surface area contributed by atoms with Crippen LogP contribution >= 0.6 is 0 Å². The van der Waals surface area contributed by atoms with E-state index in [1.54, 1.807) is 37.4 Å². The molecule has 9 nitrogen and oxygen atoms in total. The predicted molar refractivity (Wildman–Crippen MR) is 221 cm³/mol. The number of anilines is 3. The van der Waals surface area contributed by atoms with Crippen molar-refractivity contribution in [3.63, 3.8) is 0 Å². The lowest BCUT2D eigenvalue weighted by Crippen LogP contribution is -2.21. The number of rotatable bonds is 3. The molecule has 0 amide bonds. The Hall–Kier alpha value is -8.45. The number of fused-ring (bicyclic) bond motifs is 8. The molecule has 0 atom stereocenters. The first-order valence-electron chi connectivity index (χ1n) is 18.1. The largest absolute Gasteiger partial charge is 0.453 e. The zero-order chi connectivity index (χ0) is 38.6. The van der Waals surface area contributed by atoms with Gasteiger partial charge in [-0.15, -0.1) is 0 Å². The summed E-state index contributed by atoms with van der Waals surface area (Å²) in [5.41, 5.74) is 9.53. The SMILES string of the molecule is C/N=C(\N=C(/c1ccccc1)c1ccc(-c2ccccc2)cc1)n1c2ccc(C#N)cc2c2cc3c4c(c21)Oc1cc(C#N)ccc1N4c1ccc(C#N)cc1O3. The van der Waals surface area contributed by atoms with E-state index in [2.05, 4.69) is 54.6 Å². The fourth-order valence-electron chi connectivity index (χ4n) is 7.71. The highest BCUT2D eigenvalue weighted by Gasteiger charge is 2.38. The van der Waals surface area contributed by atoms with Gasteiger partial charge in [0.25, 0.3) is 0 Å². The van der Waals surface area contributed by atoms with Gasteiger partial charge in [0, 0.05) is 41.1 Å². The number of hydrogen-bond acceptors (Lipinski definition) is 7. The van der Waals surface area contributed by atoms with Crippen LogP contribution in [0.5, 0.6) is 23.0 Å². The number of ether oxygens (including phenoxy) is 2. The van der Waals surface area contributed by atoms with Gasteiger partial charge in [-0.05, 0) is 59.7 Å². The van der Waals surface area contributed by atoms with Crippen LogP contribution in [0, 0.1) is 34.0 Å². The number of hydrogen-bond donors (Lipinski definition) is 0. The molecule has 0 radical (unpaired) electrons. The molecule has 0 aliphatic carbocycles. The lowest BCUT2D eigenvalue weighted by atomic mass is 9.98. The summed E-state index contributed by atoms with van der Waals surface area (Å²) in [5.74, 6) is 2.30. The molecule has 8 aromatic rings. The maximum absolute atomic E-state index is 10.0. The summed E-state index contributed by atoms with van der Waals surface area (Å²) < 4.78 is 15.4. The van der Waals surface area contributed by atoms with Gasteiger partial charge >= 0.3 is 0 Å². The number of nitrogens with zero attached hydrogens (tertiary/aromatic N) is 7. The van der Waals surface area contributed by atoms with E-state index in [-0.39, 0.29) is 0 Å². The number of benzene rings is 7. The highest BCUT2D eigenvalue weighted by Crippen LogP contribution is 2.62. The van der Waals surface area contributed by atoms with Gasteiger partial charge in [-0.3, -0.25) is 14.5 Å². The molecule has 1 aromatic heterocycles. The molecule has 0 bridgehead atoms. The van der Waals surface area contributed by atoms with Gasteiger partial charge in [0.15, 0.2) is 23.0 Å². The third-order valence-corrected chi connectivity index (χ3v) is 10.3. The minimum Gasteiger partial charge on any atom is -0.453 e. The summed E-state index contributed by atoms with van der Waals surface area (Å²) in [6, 6.07) is 53.4. The Morgan fingerprint density at radius 3 is 1.79 bits per heavy atom. The van der Waals surface area contributed by atoms with Crippen molar-refractivity contribution in [2.45, 2.75) is 0 Å². The standard InChI is InChI=1S/C48H27N7O2/c1-52-48(53-44(34-10-6-3-7-11-34)35-17-15-33(16-18-35)32-8-4-2-5-9-32)55-38-19-12-29(26-49)22-36(38)37-25-43-46-47(45(37)55)57-42-24-31(28-51)14-21-40(42)54(46)39-20-13-30(27-50)23-41(39)56-43/h2-25H,1H3/b52-48+,53-44+. The van der Waals surface area contributed by atoms with E-state index in [9.17, 15) is 15.8 Å². The Kier molecular flexibility index (Phi) is 7.64. The third-order valence-electron chi connectivity index (χ3n) is 10.3. The minimum absolute atomic E-state index is 0.379. The molecule has 0 saturated carbocycles. The molecule has 0 spiro atoms. The van der Waals surface area contributed by atoms with Gasteiger partial charge in [0.05, 0.1) is 57.5 Å². The second kappa shape index (κ2) is 13.1. The van der Waals surface area contributed by atoms with Crippen molar-refractivity contribution in [1.82, 2.24) is 4.57 Å². The summed E-state index contributed by atoms with van der Waals surface area (Å²) in [4.78, 5) is 12.2. The molecule has 9 heteroatoms. The van der Waals surface area contributed by atoms with Crippen LogP contribution in [0.4, 0.5) is 17.1 Å². The average Bonchev–Trinajstić information content (AvgIpc) is 3.60. The van der Waals surface area contributed by atoms with E-state index in [1.807, 2.05) is 88.3 Å². The molecule has 0 unspecified atom stereocenters. The van der Waals surface area contributed by atoms with Crippen LogP contribution in [0.15, 0.2) is 156 Å². The van der Waals surface area contributed by atoms with Crippen LogP contribution in [0.25, 0.3) is 32.9 Å². The van der Waals surface area contributed by atoms with Crippen LogP contribution in [-0.2, 0) is 0 Å². The Balaban J connectivity index is 1.25. The molecule has 0 saturated heterocycles. The normalized spacial score (nSPS) is 12.7. The Bertz CT molecular complexity index is 3150. The van der Waals surface area contributed by atoms with Crippen LogP contribution < -0.4 is 14.4 Å².